The Balaban J connectivity index is 1.59. The first-order valence-corrected chi connectivity index (χ1v) is 11.1. The average molecular weight is 459 g/mol. The Labute approximate surface area is 192 Å². The van der Waals surface area contributed by atoms with Crippen molar-refractivity contribution >= 4 is 17.3 Å². The minimum absolute atomic E-state index is 0.381. The molecule has 2 aromatic rings. The molecular formula is C24H30N2O7. The maximum Gasteiger partial charge on any atom is 0.335 e. The first-order chi connectivity index (χ1) is 15.9. The van der Waals surface area contributed by atoms with Crippen molar-refractivity contribution < 1.29 is 34.7 Å². The number of aliphatic carboxylic acids is 1. The van der Waals surface area contributed by atoms with Crippen molar-refractivity contribution in [3.8, 4) is 5.75 Å². The fraction of sp³-hybridized carbons (Fsp3) is 0.458. The van der Waals surface area contributed by atoms with E-state index in [2.05, 4.69) is 22.3 Å². The highest BCUT2D eigenvalue weighted by Gasteiger charge is 2.48. The standard InChI is InChI=1S/C24H30N2O7/c1-25-11-4-12-26-17-6-3-2-5-14(17)7-8-15-13-16(9-10-18(15)26)32-24-21(29)19(27)20(28)22(33-24)23(30)31/h2-3,5-6,9-10,13,19-22,24-25,27-29H,4,7-8,11-12H2,1H3,(H,30,31)/t19-,20-,21-,22+,24+/m1/s1. The van der Waals surface area contributed by atoms with Crippen LogP contribution >= 0.6 is 0 Å². The Morgan fingerprint density at radius 1 is 1.06 bits per heavy atom. The number of aryl methyl sites for hydroxylation is 2. The summed E-state index contributed by atoms with van der Waals surface area (Å²) in [4.78, 5) is 13.7. The summed E-state index contributed by atoms with van der Waals surface area (Å²) in [5.74, 6) is -1.06. The first-order valence-electron chi connectivity index (χ1n) is 11.1. The lowest BCUT2D eigenvalue weighted by atomic mass is 9.99. The largest absolute Gasteiger partial charge is 0.479 e. The minimum atomic E-state index is -1.76. The number of nitrogens with one attached hydrogen (secondary N) is 1. The molecule has 9 nitrogen and oxygen atoms in total. The van der Waals surface area contributed by atoms with Crippen LogP contribution in [0.25, 0.3) is 0 Å². The van der Waals surface area contributed by atoms with E-state index in [1.54, 1.807) is 6.07 Å². The van der Waals surface area contributed by atoms with Crippen molar-refractivity contribution in [2.24, 2.45) is 0 Å². The molecule has 0 amide bonds. The Morgan fingerprint density at radius 2 is 1.79 bits per heavy atom. The summed E-state index contributed by atoms with van der Waals surface area (Å²) < 4.78 is 11.0. The summed E-state index contributed by atoms with van der Waals surface area (Å²) >= 11 is 0. The van der Waals surface area contributed by atoms with Crippen LogP contribution in [0.4, 0.5) is 11.4 Å². The molecule has 0 aliphatic carbocycles. The molecule has 1 saturated heterocycles. The second-order valence-electron chi connectivity index (χ2n) is 8.38. The zero-order chi connectivity index (χ0) is 23.5. The van der Waals surface area contributed by atoms with E-state index in [1.165, 1.54) is 11.3 Å². The lowest BCUT2D eigenvalue weighted by Crippen LogP contribution is -2.61. The zero-order valence-corrected chi connectivity index (χ0v) is 18.4. The molecular weight excluding hydrogens is 428 g/mol. The van der Waals surface area contributed by atoms with Crippen LogP contribution in [-0.2, 0) is 22.4 Å². The van der Waals surface area contributed by atoms with Gasteiger partial charge < -0.3 is 40.1 Å². The number of aliphatic hydroxyl groups is 3. The molecule has 2 heterocycles. The van der Waals surface area contributed by atoms with Crippen LogP contribution in [0, 0.1) is 0 Å². The molecule has 33 heavy (non-hydrogen) atoms. The number of anilines is 2. The highest BCUT2D eigenvalue weighted by atomic mass is 16.7. The van der Waals surface area contributed by atoms with Gasteiger partial charge in [-0.3, -0.25) is 0 Å². The highest BCUT2D eigenvalue weighted by Crippen LogP contribution is 2.38. The highest BCUT2D eigenvalue weighted by molar-refractivity contribution is 5.73. The van der Waals surface area contributed by atoms with Gasteiger partial charge in [-0.15, -0.1) is 0 Å². The average Bonchev–Trinajstić information content (AvgIpc) is 2.96. The number of aliphatic hydroxyl groups excluding tert-OH is 3. The van der Waals surface area contributed by atoms with Crippen molar-refractivity contribution in [3.63, 3.8) is 0 Å². The smallest absolute Gasteiger partial charge is 0.335 e. The summed E-state index contributed by atoms with van der Waals surface area (Å²) in [6, 6.07) is 13.9. The van der Waals surface area contributed by atoms with Gasteiger partial charge in [0, 0.05) is 17.9 Å². The molecule has 0 saturated carbocycles. The predicted molar refractivity (Wildman–Crippen MR) is 121 cm³/mol. The number of carboxylic acid groups (broad SMARTS) is 1. The lowest BCUT2D eigenvalue weighted by Gasteiger charge is -2.38. The predicted octanol–water partition coefficient (Wildman–Crippen LogP) is 0.804. The quantitative estimate of drug-likeness (QED) is 0.382. The summed E-state index contributed by atoms with van der Waals surface area (Å²) in [5.41, 5.74) is 4.54. The number of ether oxygens (including phenoxy) is 2. The van der Waals surface area contributed by atoms with Crippen molar-refractivity contribution in [3.05, 3.63) is 53.6 Å². The van der Waals surface area contributed by atoms with E-state index < -0.39 is 36.7 Å². The summed E-state index contributed by atoms with van der Waals surface area (Å²) in [6.07, 6.45) is -5.61. The first kappa shape index (κ1) is 23.5. The van der Waals surface area contributed by atoms with Crippen molar-refractivity contribution in [1.29, 1.82) is 0 Å². The van der Waals surface area contributed by atoms with E-state index in [9.17, 15) is 25.2 Å². The maximum atomic E-state index is 11.4. The summed E-state index contributed by atoms with van der Waals surface area (Å²) in [7, 11) is 1.93. The van der Waals surface area contributed by atoms with Gasteiger partial charge in [0.25, 0.3) is 0 Å². The van der Waals surface area contributed by atoms with Crippen molar-refractivity contribution in [1.82, 2.24) is 5.32 Å². The van der Waals surface area contributed by atoms with Gasteiger partial charge in [0.2, 0.25) is 6.29 Å². The molecule has 2 aliphatic rings. The molecule has 2 aromatic carbocycles. The monoisotopic (exact) mass is 458 g/mol. The number of benzene rings is 2. The van der Waals surface area contributed by atoms with Gasteiger partial charge in [-0.05, 0) is 68.2 Å². The molecule has 0 radical (unpaired) electrons. The van der Waals surface area contributed by atoms with E-state index >= 15 is 0 Å². The van der Waals surface area contributed by atoms with Crippen LogP contribution < -0.4 is 15.0 Å². The number of nitrogens with zero attached hydrogens (tertiary/aromatic N) is 1. The fourth-order valence-electron chi connectivity index (χ4n) is 4.42. The third kappa shape index (κ3) is 4.83. The van der Waals surface area contributed by atoms with E-state index in [4.69, 9.17) is 9.47 Å². The number of hydrogen-bond donors (Lipinski definition) is 5. The van der Waals surface area contributed by atoms with E-state index in [-0.39, 0.29) is 0 Å². The Kier molecular flexibility index (Phi) is 7.16. The van der Waals surface area contributed by atoms with Gasteiger partial charge in [-0.2, -0.15) is 0 Å². The molecule has 1 fully saturated rings. The van der Waals surface area contributed by atoms with Gasteiger partial charge in [-0.1, -0.05) is 18.2 Å². The van der Waals surface area contributed by atoms with Gasteiger partial charge in [0.15, 0.2) is 6.10 Å². The second kappa shape index (κ2) is 10.1. The number of rotatable bonds is 7. The number of para-hydroxylation sites is 1. The number of carboxylic acids is 1. The summed E-state index contributed by atoms with van der Waals surface area (Å²) in [5, 5.41) is 42.6. The molecule has 0 unspecified atom stereocenters. The minimum Gasteiger partial charge on any atom is -0.479 e. The van der Waals surface area contributed by atoms with Crippen molar-refractivity contribution in [2.75, 3.05) is 25.0 Å². The molecule has 0 bridgehead atoms. The number of carbonyl (C=O) groups is 1. The van der Waals surface area contributed by atoms with Crippen LogP contribution in [0.15, 0.2) is 42.5 Å². The van der Waals surface area contributed by atoms with E-state index in [0.29, 0.717) is 5.75 Å². The third-order valence-corrected chi connectivity index (χ3v) is 6.16. The fourth-order valence-corrected chi connectivity index (χ4v) is 4.42. The van der Waals surface area contributed by atoms with Crippen molar-refractivity contribution in [2.45, 2.75) is 50.0 Å². The van der Waals surface area contributed by atoms with Gasteiger partial charge in [0.05, 0.1) is 0 Å². The molecule has 2 aliphatic heterocycles. The lowest BCUT2D eigenvalue weighted by molar-refractivity contribution is -0.271. The summed E-state index contributed by atoms with van der Waals surface area (Å²) in [6.45, 7) is 1.73. The van der Waals surface area contributed by atoms with Crippen LogP contribution in [0.2, 0.25) is 0 Å². The van der Waals surface area contributed by atoms with E-state index in [0.717, 1.165) is 43.6 Å². The van der Waals surface area contributed by atoms with E-state index in [1.807, 2.05) is 31.3 Å². The van der Waals surface area contributed by atoms with Crippen LogP contribution in [0.3, 0.4) is 0 Å². The van der Waals surface area contributed by atoms with Gasteiger partial charge >= 0.3 is 5.97 Å². The number of hydrogen-bond acceptors (Lipinski definition) is 8. The molecule has 178 valence electrons. The Morgan fingerprint density at radius 3 is 2.55 bits per heavy atom. The van der Waals surface area contributed by atoms with Crippen LogP contribution in [0.1, 0.15) is 17.5 Å². The van der Waals surface area contributed by atoms with Gasteiger partial charge in [-0.25, -0.2) is 4.79 Å². The van der Waals surface area contributed by atoms with Crippen LogP contribution in [0.5, 0.6) is 5.75 Å². The molecule has 0 aromatic heterocycles. The SMILES string of the molecule is CNCCCN1c2ccccc2CCc2cc(O[C@H]3O[C@H](C(=O)O)[C@H](O)[C@@H](O)[C@H]3O)ccc21. The third-order valence-electron chi connectivity index (χ3n) is 6.16. The second-order valence-corrected chi connectivity index (χ2v) is 8.38. The topological polar surface area (TPSA) is 132 Å². The Hall–Kier alpha value is -2.69. The normalized spacial score (nSPS) is 26.8. The number of fused-ring (bicyclic) bond motifs is 2. The van der Waals surface area contributed by atoms with Gasteiger partial charge in [0.1, 0.15) is 24.1 Å². The molecule has 0 spiro atoms. The molecule has 4 rings (SSSR count). The van der Waals surface area contributed by atoms with Crippen LogP contribution in [-0.4, -0.2) is 77.2 Å². The molecule has 5 atom stereocenters. The zero-order valence-electron chi connectivity index (χ0n) is 18.4. The Bertz CT molecular complexity index is 985. The maximum absolute atomic E-state index is 11.4. The molecule has 9 heteroatoms. The molecule has 5 N–H and O–H groups in total.